The molecule has 2 N–H and O–H groups in total. The number of anilines is 2. The molecule has 4 rings (SSSR count). The van der Waals surface area contributed by atoms with E-state index in [1.54, 1.807) is 11.8 Å². The Balaban J connectivity index is 1.84. The van der Waals surface area contributed by atoms with Crippen LogP contribution in [0.15, 0.2) is 45.5 Å². The number of fused-ring (bicyclic) bond motifs is 1. The van der Waals surface area contributed by atoms with Crippen molar-refractivity contribution in [1.82, 2.24) is 9.97 Å². The van der Waals surface area contributed by atoms with Crippen molar-refractivity contribution in [3.05, 3.63) is 57.0 Å². The average Bonchev–Trinajstić information content (AvgIpc) is 2.77. The van der Waals surface area contributed by atoms with Gasteiger partial charge in [0.1, 0.15) is 5.82 Å². The molecule has 182 valence electrons. The van der Waals surface area contributed by atoms with Crippen LogP contribution in [0.3, 0.4) is 0 Å². The molecule has 0 bridgehead atoms. The Hall–Kier alpha value is -2.54. The number of nitrogens with zero attached hydrogens (tertiary/aromatic N) is 2. The number of carbonyl (C=O) groups is 1. The number of aromatic nitrogens is 2. The molecule has 0 fully saturated rings. The zero-order valence-electron chi connectivity index (χ0n) is 21.1. The zero-order valence-corrected chi connectivity index (χ0v) is 21.9. The van der Waals surface area contributed by atoms with Crippen molar-refractivity contribution in [1.29, 1.82) is 0 Å². The van der Waals surface area contributed by atoms with Gasteiger partial charge in [0, 0.05) is 48.1 Å². The molecule has 1 aliphatic heterocycles. The van der Waals surface area contributed by atoms with Gasteiger partial charge in [0.25, 0.3) is 5.56 Å². The summed E-state index contributed by atoms with van der Waals surface area (Å²) in [4.78, 5) is 36.9. The van der Waals surface area contributed by atoms with Crippen LogP contribution in [0, 0.1) is 11.3 Å². The Labute approximate surface area is 206 Å². The molecule has 1 aromatic heterocycles. The number of thioether (sulfide) groups is 1. The van der Waals surface area contributed by atoms with E-state index in [0.29, 0.717) is 28.9 Å². The minimum absolute atomic E-state index is 0.111. The van der Waals surface area contributed by atoms with Crippen molar-refractivity contribution in [2.45, 2.75) is 65.5 Å². The Morgan fingerprint density at radius 1 is 1.12 bits per heavy atom. The zero-order chi connectivity index (χ0) is 24.6. The molecule has 1 unspecified atom stereocenters. The number of carbonyl (C=O) groups excluding carboxylic acids is 1. The van der Waals surface area contributed by atoms with Crippen LogP contribution in [0.2, 0.25) is 0 Å². The molecule has 34 heavy (non-hydrogen) atoms. The lowest BCUT2D eigenvalue weighted by Gasteiger charge is -2.38. The third-order valence-electron chi connectivity index (χ3n) is 6.61. The maximum atomic E-state index is 13.4. The van der Waals surface area contributed by atoms with Gasteiger partial charge in [0.05, 0.1) is 5.56 Å². The molecule has 2 heterocycles. The molecule has 7 heteroatoms. The van der Waals surface area contributed by atoms with Crippen molar-refractivity contribution >= 4 is 29.1 Å². The highest BCUT2D eigenvalue weighted by Crippen LogP contribution is 2.47. The first-order valence-corrected chi connectivity index (χ1v) is 13.3. The Bertz CT molecular complexity index is 1160. The summed E-state index contributed by atoms with van der Waals surface area (Å²) in [5.74, 6) is 1.64. The van der Waals surface area contributed by atoms with Crippen molar-refractivity contribution < 1.29 is 4.79 Å². The topological polar surface area (TPSA) is 78.1 Å². The van der Waals surface area contributed by atoms with Crippen LogP contribution in [0.1, 0.15) is 71.4 Å². The average molecular weight is 481 g/mol. The summed E-state index contributed by atoms with van der Waals surface area (Å²) >= 11 is 1.56. The summed E-state index contributed by atoms with van der Waals surface area (Å²) in [5.41, 5.74) is 3.95. The Kier molecular flexibility index (Phi) is 6.94. The highest BCUT2D eigenvalue weighted by atomic mass is 32.2. The number of rotatable bonds is 7. The largest absolute Gasteiger partial charge is 0.372 e. The molecule has 2 aliphatic rings. The minimum atomic E-state index is -0.416. The van der Waals surface area contributed by atoms with Gasteiger partial charge in [0.2, 0.25) is 0 Å². The summed E-state index contributed by atoms with van der Waals surface area (Å²) in [7, 11) is 0. The van der Waals surface area contributed by atoms with Crippen molar-refractivity contribution in [2.75, 3.05) is 29.1 Å². The molecule has 0 saturated heterocycles. The summed E-state index contributed by atoms with van der Waals surface area (Å²) in [6.07, 6.45) is 1.23. The fourth-order valence-corrected chi connectivity index (χ4v) is 5.82. The van der Waals surface area contributed by atoms with Crippen LogP contribution in [-0.4, -0.2) is 34.6 Å². The van der Waals surface area contributed by atoms with E-state index < -0.39 is 5.92 Å². The van der Waals surface area contributed by atoms with Gasteiger partial charge in [-0.2, -0.15) is 0 Å². The highest BCUT2D eigenvalue weighted by Gasteiger charge is 2.42. The molecule has 1 aliphatic carbocycles. The summed E-state index contributed by atoms with van der Waals surface area (Å²) in [5, 5.41) is 4.02. The van der Waals surface area contributed by atoms with E-state index in [-0.39, 0.29) is 16.8 Å². The number of Topliss-reactive ketones (excluding diaryl/α,β-unsaturated/α-hetero) is 1. The molecule has 1 aromatic carbocycles. The van der Waals surface area contributed by atoms with Crippen LogP contribution in [0.5, 0.6) is 0 Å². The third kappa shape index (κ3) is 4.81. The molecule has 6 nitrogen and oxygen atoms in total. The van der Waals surface area contributed by atoms with E-state index >= 15 is 0 Å². The van der Waals surface area contributed by atoms with Crippen LogP contribution >= 0.6 is 11.8 Å². The Morgan fingerprint density at radius 3 is 2.41 bits per heavy atom. The molecule has 1 atom stereocenters. The quantitative estimate of drug-likeness (QED) is 0.399. The van der Waals surface area contributed by atoms with E-state index in [2.05, 4.69) is 81.0 Å². The van der Waals surface area contributed by atoms with Gasteiger partial charge < -0.3 is 15.2 Å². The SMILES string of the molecule is CCN(CC)c1ccc(C2C3=C(CC(C)(C)CC3=O)Nc3nc(SCC(C)C)[nH]c(=O)c32)cc1. The number of H-pyrrole nitrogens is 1. The van der Waals surface area contributed by atoms with Gasteiger partial charge in [-0.3, -0.25) is 9.59 Å². The van der Waals surface area contributed by atoms with E-state index in [4.69, 9.17) is 4.98 Å². The maximum absolute atomic E-state index is 13.4. The normalized spacial score (nSPS) is 19.0. The third-order valence-corrected chi connectivity index (χ3v) is 7.91. The first kappa shape index (κ1) is 24.6. The number of benzene rings is 1. The fraction of sp³-hybridized carbons (Fsp3) is 0.519. The summed E-state index contributed by atoms with van der Waals surface area (Å²) < 4.78 is 0. The maximum Gasteiger partial charge on any atom is 0.257 e. The second kappa shape index (κ2) is 9.61. The van der Waals surface area contributed by atoms with Gasteiger partial charge in [-0.15, -0.1) is 0 Å². The predicted molar refractivity (Wildman–Crippen MR) is 141 cm³/mol. The fourth-order valence-electron chi connectivity index (χ4n) is 5.01. The van der Waals surface area contributed by atoms with Crippen LogP contribution in [-0.2, 0) is 4.79 Å². The van der Waals surface area contributed by atoms with Gasteiger partial charge >= 0.3 is 0 Å². The molecule has 0 amide bonds. The van der Waals surface area contributed by atoms with Gasteiger partial charge in [-0.1, -0.05) is 51.6 Å². The number of nitrogens with one attached hydrogen (secondary N) is 2. The number of ketones is 1. The number of allylic oxidation sites excluding steroid dienone is 2. The molecular formula is C27H36N4O2S. The monoisotopic (exact) mass is 480 g/mol. The molecule has 0 spiro atoms. The minimum Gasteiger partial charge on any atom is -0.372 e. The lowest BCUT2D eigenvalue weighted by molar-refractivity contribution is -0.118. The van der Waals surface area contributed by atoms with E-state index in [9.17, 15) is 9.59 Å². The van der Waals surface area contributed by atoms with Crippen molar-refractivity contribution in [3.8, 4) is 0 Å². The summed E-state index contributed by atoms with van der Waals surface area (Å²) in [6.45, 7) is 14.7. The lowest BCUT2D eigenvalue weighted by Crippen LogP contribution is -2.37. The Morgan fingerprint density at radius 2 is 1.79 bits per heavy atom. The molecule has 2 aromatic rings. The van der Waals surface area contributed by atoms with Crippen LogP contribution < -0.4 is 15.8 Å². The molecule has 0 radical (unpaired) electrons. The van der Waals surface area contributed by atoms with Crippen molar-refractivity contribution in [3.63, 3.8) is 0 Å². The van der Waals surface area contributed by atoms with Gasteiger partial charge in [-0.05, 0) is 49.3 Å². The van der Waals surface area contributed by atoms with Gasteiger partial charge in [0.15, 0.2) is 10.9 Å². The smallest absolute Gasteiger partial charge is 0.257 e. The highest BCUT2D eigenvalue weighted by molar-refractivity contribution is 7.99. The molecule has 0 saturated carbocycles. The second-order valence-electron chi connectivity index (χ2n) is 10.5. The number of hydrogen-bond donors (Lipinski definition) is 2. The number of hydrogen-bond acceptors (Lipinski definition) is 6. The molecular weight excluding hydrogens is 444 g/mol. The standard InChI is InChI=1S/C27H36N4O2S/c1-7-31(8-2)18-11-9-17(10-12-18)21-22-19(13-27(5,6)14-20(22)32)28-24-23(21)25(33)30-26(29-24)34-15-16(3)4/h9-12,16,21H,7-8,13-15H2,1-6H3,(H2,28,29,30,33). The van der Waals surface area contributed by atoms with E-state index in [1.165, 1.54) is 0 Å². The predicted octanol–water partition coefficient (Wildman–Crippen LogP) is 5.56. The first-order chi connectivity index (χ1) is 16.1. The van der Waals surface area contributed by atoms with E-state index in [0.717, 1.165) is 47.8 Å². The van der Waals surface area contributed by atoms with Gasteiger partial charge in [-0.25, -0.2) is 4.98 Å². The lowest BCUT2D eigenvalue weighted by atomic mass is 9.69. The first-order valence-electron chi connectivity index (χ1n) is 12.3. The second-order valence-corrected chi connectivity index (χ2v) is 11.5. The van der Waals surface area contributed by atoms with Crippen LogP contribution in [0.25, 0.3) is 0 Å². The number of aromatic amines is 1. The van der Waals surface area contributed by atoms with Crippen LogP contribution in [0.4, 0.5) is 11.5 Å². The van der Waals surface area contributed by atoms with Crippen molar-refractivity contribution in [2.24, 2.45) is 11.3 Å². The van der Waals surface area contributed by atoms with E-state index in [1.807, 2.05) is 0 Å². The summed E-state index contributed by atoms with van der Waals surface area (Å²) in [6, 6.07) is 8.31.